The maximum absolute atomic E-state index is 12.4. The van der Waals surface area contributed by atoms with Crippen LogP contribution in [0.5, 0.6) is 0 Å². The average molecular weight is 783 g/mol. The van der Waals surface area contributed by atoms with Gasteiger partial charge in [-0.3, -0.25) is 19.2 Å². The van der Waals surface area contributed by atoms with Crippen molar-refractivity contribution >= 4 is 57.1 Å². The van der Waals surface area contributed by atoms with Crippen LogP contribution in [0.25, 0.3) is 0 Å². The lowest BCUT2D eigenvalue weighted by Gasteiger charge is -2.42. The minimum absolute atomic E-state index is 0.201. The Kier molecular flexibility index (Phi) is 11.8. The van der Waals surface area contributed by atoms with Crippen LogP contribution in [0.3, 0.4) is 0 Å². The molecular weight excluding hydrogens is 721 g/mol. The lowest BCUT2D eigenvalue weighted by atomic mass is 9.81. The molecule has 2 saturated heterocycles. The fourth-order valence-electron chi connectivity index (χ4n) is 11.5. The van der Waals surface area contributed by atoms with Gasteiger partial charge in [0.2, 0.25) is 0 Å². The van der Waals surface area contributed by atoms with Gasteiger partial charge in [0.15, 0.2) is 33.3 Å². The number of ether oxygens (including phenoxy) is 5. The van der Waals surface area contributed by atoms with Crippen molar-refractivity contribution in [1.29, 1.82) is 0 Å². The molecule has 15 heteroatoms. The highest BCUT2D eigenvalue weighted by molar-refractivity contribution is 6.86. The van der Waals surface area contributed by atoms with Gasteiger partial charge in [-0.25, -0.2) is 0 Å². The Labute approximate surface area is 308 Å². The van der Waals surface area contributed by atoms with E-state index in [9.17, 15) is 19.2 Å². The van der Waals surface area contributed by atoms with Gasteiger partial charge >= 0.3 is 23.9 Å². The molecule has 0 radical (unpaired) electrons. The van der Waals surface area contributed by atoms with Crippen molar-refractivity contribution in [3.05, 3.63) is 0 Å². The van der Waals surface area contributed by atoms with Gasteiger partial charge < -0.3 is 31.9 Å². The second-order valence-corrected chi connectivity index (χ2v) is 36.1. The fourth-order valence-corrected chi connectivity index (χ4v) is 31.4. The van der Waals surface area contributed by atoms with Gasteiger partial charge in [0.25, 0.3) is 0 Å². The number of esters is 4. The summed E-state index contributed by atoms with van der Waals surface area (Å²) in [6, 6.07) is 2.05. The lowest BCUT2D eigenvalue weighted by Crippen LogP contribution is -2.50. The topological polar surface area (TPSA) is 133 Å². The summed E-state index contributed by atoms with van der Waals surface area (Å²) in [6.45, 7) is 22.0. The molecule has 0 aromatic heterocycles. The number of hydrogen-bond donors (Lipinski definition) is 0. The smallest absolute Gasteiger partial charge is 0.317 e. The number of carbonyl (C=O) groups excluding carboxylic acids is 4. The first kappa shape index (κ1) is 39.6. The first-order valence-electron chi connectivity index (χ1n) is 19.6. The quantitative estimate of drug-likeness (QED) is 0.0613. The van der Waals surface area contributed by atoms with Crippen LogP contribution in [-0.4, -0.2) is 96.8 Å². The summed E-state index contributed by atoms with van der Waals surface area (Å²) in [5.41, 5.74) is 0.817. The molecule has 0 N–H and O–H groups in total. The predicted molar refractivity (Wildman–Crippen MR) is 199 cm³/mol. The standard InChI is InChI=1S/C36H62O11Si4/c1-48(2,46-50(5,6)27-21-23-19-25(27)31-29(23)33(37)44-35(31)39)17-9-11-41-13-15-43-16-14-42-12-10-18-49(3,4)47-51(7,8)28-22-24-20-26(28)32-30(24)34(38)45-36(32)40/h23-32H,9-22H2,1-8H3. The molecule has 51 heavy (non-hydrogen) atoms. The zero-order valence-corrected chi connectivity index (χ0v) is 36.2. The number of fused-ring (bicyclic) bond motifs is 10. The number of cyclic esters (lactones) is 4. The maximum atomic E-state index is 12.4. The Bertz CT molecular complexity index is 1240. The molecule has 288 valence electrons. The summed E-state index contributed by atoms with van der Waals surface area (Å²) < 4.78 is 41.4. The van der Waals surface area contributed by atoms with E-state index in [1.165, 1.54) is 0 Å². The molecular formula is C36H62O11Si4. The van der Waals surface area contributed by atoms with Crippen molar-refractivity contribution in [2.75, 3.05) is 39.6 Å². The molecule has 4 bridgehead atoms. The van der Waals surface area contributed by atoms with E-state index in [1.54, 1.807) is 0 Å². The van der Waals surface area contributed by atoms with Crippen LogP contribution in [0.2, 0.25) is 75.5 Å². The molecule has 6 fully saturated rings. The number of hydrogen-bond acceptors (Lipinski definition) is 11. The van der Waals surface area contributed by atoms with Crippen LogP contribution in [0.4, 0.5) is 0 Å². The van der Waals surface area contributed by atoms with E-state index in [2.05, 4.69) is 52.4 Å². The van der Waals surface area contributed by atoms with Crippen LogP contribution in [-0.2, 0) is 51.1 Å². The third kappa shape index (κ3) is 8.46. The summed E-state index contributed by atoms with van der Waals surface area (Å²) in [6.07, 6.45) is 5.84. The molecule has 4 saturated carbocycles. The normalized spacial score (nSPS) is 34.4. The molecule has 2 aliphatic heterocycles. The highest BCUT2D eigenvalue weighted by atomic mass is 28.4. The third-order valence-electron chi connectivity index (χ3n) is 13.2. The monoisotopic (exact) mass is 782 g/mol. The lowest BCUT2D eigenvalue weighted by molar-refractivity contribution is -0.156. The average Bonchev–Trinajstić information content (AvgIpc) is 3.86. The van der Waals surface area contributed by atoms with Gasteiger partial charge in [0.1, 0.15) is 0 Å². The molecule has 0 aromatic carbocycles. The van der Waals surface area contributed by atoms with Gasteiger partial charge in [-0.05, 0) is 138 Å². The van der Waals surface area contributed by atoms with E-state index in [-0.39, 0.29) is 71.2 Å². The zero-order valence-electron chi connectivity index (χ0n) is 32.2. The summed E-state index contributed by atoms with van der Waals surface area (Å²) in [7, 11) is -7.95. The van der Waals surface area contributed by atoms with Crippen molar-refractivity contribution in [3.8, 4) is 0 Å². The van der Waals surface area contributed by atoms with Crippen LogP contribution >= 0.6 is 0 Å². The molecule has 10 atom stereocenters. The van der Waals surface area contributed by atoms with E-state index < -0.39 is 33.3 Å². The Hall–Kier alpha value is -1.05. The molecule has 0 amide bonds. The molecule has 6 rings (SSSR count). The Morgan fingerprint density at radius 2 is 0.824 bits per heavy atom. The highest BCUT2D eigenvalue weighted by Gasteiger charge is 2.67. The van der Waals surface area contributed by atoms with Crippen molar-refractivity contribution in [2.24, 2.45) is 47.3 Å². The van der Waals surface area contributed by atoms with Crippen LogP contribution in [0.15, 0.2) is 0 Å². The largest absolute Gasteiger partial charge is 0.455 e. The fraction of sp³-hybridized carbons (Fsp3) is 0.889. The van der Waals surface area contributed by atoms with E-state index >= 15 is 0 Å². The second kappa shape index (κ2) is 15.2. The Balaban J connectivity index is 0.777. The van der Waals surface area contributed by atoms with E-state index in [0.29, 0.717) is 50.7 Å². The Morgan fingerprint density at radius 3 is 1.20 bits per heavy atom. The van der Waals surface area contributed by atoms with Crippen LogP contribution in [0, 0.1) is 47.3 Å². The van der Waals surface area contributed by atoms with Gasteiger partial charge in [-0.1, -0.05) is 0 Å². The van der Waals surface area contributed by atoms with Crippen LogP contribution in [0.1, 0.15) is 38.5 Å². The molecule has 4 aliphatic carbocycles. The molecule has 0 spiro atoms. The zero-order chi connectivity index (χ0) is 36.9. The van der Waals surface area contributed by atoms with Gasteiger partial charge in [0.05, 0.1) is 50.1 Å². The van der Waals surface area contributed by atoms with Gasteiger partial charge in [-0.2, -0.15) is 0 Å². The number of carbonyl (C=O) groups is 4. The first-order chi connectivity index (χ1) is 23.9. The van der Waals surface area contributed by atoms with E-state index in [1.807, 2.05) is 0 Å². The number of rotatable bonds is 20. The van der Waals surface area contributed by atoms with Crippen molar-refractivity contribution in [1.82, 2.24) is 0 Å². The molecule has 2 heterocycles. The minimum atomic E-state index is -2.06. The molecule has 11 nitrogen and oxygen atoms in total. The summed E-state index contributed by atoms with van der Waals surface area (Å²) in [5, 5.41) is 0. The van der Waals surface area contributed by atoms with Gasteiger partial charge in [-0.15, -0.1) is 0 Å². The van der Waals surface area contributed by atoms with E-state index in [0.717, 1.165) is 50.6 Å². The maximum Gasteiger partial charge on any atom is 0.317 e. The van der Waals surface area contributed by atoms with Crippen LogP contribution < -0.4 is 0 Å². The molecule has 0 aromatic rings. The van der Waals surface area contributed by atoms with Crippen molar-refractivity contribution < 1.29 is 51.1 Å². The van der Waals surface area contributed by atoms with Crippen molar-refractivity contribution in [3.63, 3.8) is 0 Å². The summed E-state index contributed by atoms with van der Waals surface area (Å²) in [5.74, 6) is -1.00. The third-order valence-corrected chi connectivity index (χ3v) is 29.9. The van der Waals surface area contributed by atoms with Gasteiger partial charge in [0, 0.05) is 13.2 Å². The summed E-state index contributed by atoms with van der Waals surface area (Å²) in [4.78, 5) is 49.1. The summed E-state index contributed by atoms with van der Waals surface area (Å²) >= 11 is 0. The van der Waals surface area contributed by atoms with Crippen molar-refractivity contribution in [2.45, 2.75) is 114 Å². The Morgan fingerprint density at radius 1 is 0.490 bits per heavy atom. The second-order valence-electron chi connectivity index (χ2n) is 18.6. The first-order valence-corrected chi connectivity index (χ1v) is 31.8. The van der Waals surface area contributed by atoms with E-state index in [4.69, 9.17) is 31.9 Å². The minimum Gasteiger partial charge on any atom is -0.455 e. The molecule has 10 unspecified atom stereocenters. The molecule has 6 aliphatic rings. The highest BCUT2D eigenvalue weighted by Crippen LogP contribution is 2.64. The SMILES string of the molecule is C[Si](C)(CCCOCCOCCOCCC[Si](C)(C)O[Si](C)(C)C1CC2CC1C1C(=O)OC(=O)C21)O[Si](C)(C)C1CC2CC1C1C(=O)OC(=O)C21. The predicted octanol–water partition coefficient (Wildman–Crippen LogP) is 6.12.